The van der Waals surface area contributed by atoms with E-state index in [1.165, 1.54) is 12.1 Å². The van der Waals surface area contributed by atoms with Crippen molar-refractivity contribution in [2.45, 2.75) is 69.3 Å². The van der Waals surface area contributed by atoms with Gasteiger partial charge >= 0.3 is 0 Å². The number of nitrogens with one attached hydrogen (secondary N) is 1. The van der Waals surface area contributed by atoms with Gasteiger partial charge in [0, 0.05) is 17.7 Å². The molecule has 0 saturated heterocycles. The molecule has 0 aliphatic heterocycles. The van der Waals surface area contributed by atoms with Crippen LogP contribution in [0, 0.1) is 23.5 Å². The third-order valence-corrected chi connectivity index (χ3v) is 8.51. The van der Waals surface area contributed by atoms with Gasteiger partial charge in [-0.1, -0.05) is 43.8 Å². The fourth-order valence-corrected chi connectivity index (χ4v) is 5.83. The monoisotopic (exact) mass is 518 g/mol. The van der Waals surface area contributed by atoms with Crippen LogP contribution in [0.2, 0.25) is 0 Å². The molecule has 2 heterocycles. The Labute approximate surface area is 213 Å². The molecular formula is C25H32F2N6O2S. The van der Waals surface area contributed by atoms with Crippen molar-refractivity contribution in [1.29, 1.82) is 0 Å². The third-order valence-electron chi connectivity index (χ3n) is 7.46. The summed E-state index contributed by atoms with van der Waals surface area (Å²) < 4.78 is 34.9. The number of thioether (sulfide) groups is 1. The summed E-state index contributed by atoms with van der Waals surface area (Å²) >= 11 is 1.59. The molecule has 6 unspecified atom stereocenters. The van der Waals surface area contributed by atoms with Crippen molar-refractivity contribution in [3.8, 4) is 0 Å². The highest BCUT2D eigenvalue weighted by molar-refractivity contribution is 7.99. The molecule has 2 fully saturated rings. The minimum absolute atomic E-state index is 0.00150. The number of nitrogens with zero attached hydrogens (tertiary/aromatic N) is 5. The lowest BCUT2D eigenvalue weighted by Gasteiger charge is -2.19. The van der Waals surface area contributed by atoms with Crippen LogP contribution in [0.3, 0.4) is 0 Å². The minimum atomic E-state index is -0.838. The van der Waals surface area contributed by atoms with Crippen molar-refractivity contribution in [3.63, 3.8) is 0 Å². The molecule has 36 heavy (non-hydrogen) atoms. The van der Waals surface area contributed by atoms with E-state index in [0.717, 1.165) is 30.6 Å². The Morgan fingerprint density at radius 2 is 2.00 bits per heavy atom. The van der Waals surface area contributed by atoms with Gasteiger partial charge in [-0.15, -0.1) is 5.10 Å². The zero-order valence-electron chi connectivity index (χ0n) is 20.7. The summed E-state index contributed by atoms with van der Waals surface area (Å²) in [6.07, 6.45) is 2.59. The molecule has 8 nitrogen and oxygen atoms in total. The van der Waals surface area contributed by atoms with E-state index in [4.69, 9.17) is 14.7 Å². The molecular weight excluding hydrogens is 486 g/mol. The Kier molecular flexibility index (Phi) is 7.41. The first-order valence-electron chi connectivity index (χ1n) is 12.6. The number of hydrogen-bond acceptors (Lipinski definition) is 8. The van der Waals surface area contributed by atoms with Crippen LogP contribution in [0.25, 0.3) is 11.2 Å². The summed E-state index contributed by atoms with van der Waals surface area (Å²) in [7, 11) is 0. The number of anilines is 1. The summed E-state index contributed by atoms with van der Waals surface area (Å²) in [5.74, 6) is 0.510. The van der Waals surface area contributed by atoms with Crippen LogP contribution in [0.15, 0.2) is 23.4 Å². The van der Waals surface area contributed by atoms with Gasteiger partial charge in [0.2, 0.25) is 0 Å². The molecule has 2 saturated carbocycles. The van der Waals surface area contributed by atoms with Gasteiger partial charge in [0.1, 0.15) is 0 Å². The third kappa shape index (κ3) is 4.92. The lowest BCUT2D eigenvalue weighted by atomic mass is 9.97. The number of fused-ring (bicyclic) bond motifs is 1. The molecule has 6 atom stereocenters. The second kappa shape index (κ2) is 10.5. The van der Waals surface area contributed by atoms with Gasteiger partial charge in [-0.05, 0) is 48.8 Å². The summed E-state index contributed by atoms with van der Waals surface area (Å²) in [6, 6.07) is 4.19. The molecule has 1 aromatic carbocycles. The topological polar surface area (TPSA) is 98.0 Å². The second-order valence-electron chi connectivity index (χ2n) is 9.83. The van der Waals surface area contributed by atoms with Gasteiger partial charge in [-0.3, -0.25) is 0 Å². The average molecular weight is 519 g/mol. The van der Waals surface area contributed by atoms with Crippen LogP contribution in [0.4, 0.5) is 14.6 Å². The van der Waals surface area contributed by atoms with Crippen molar-refractivity contribution >= 4 is 28.7 Å². The summed E-state index contributed by atoms with van der Waals surface area (Å²) in [5.41, 5.74) is 2.05. The molecule has 11 heteroatoms. The van der Waals surface area contributed by atoms with E-state index in [0.29, 0.717) is 34.7 Å². The molecule has 0 spiro atoms. The quantitative estimate of drug-likeness (QED) is 0.298. The lowest BCUT2D eigenvalue weighted by molar-refractivity contribution is 0.00696. The Morgan fingerprint density at radius 1 is 1.17 bits per heavy atom. The summed E-state index contributed by atoms with van der Waals surface area (Å²) in [5, 5.41) is 22.3. The van der Waals surface area contributed by atoms with E-state index in [1.54, 1.807) is 17.8 Å². The summed E-state index contributed by atoms with van der Waals surface area (Å²) in [4.78, 5) is 9.57. The van der Waals surface area contributed by atoms with E-state index in [2.05, 4.69) is 36.4 Å². The highest BCUT2D eigenvalue weighted by Gasteiger charge is 2.42. The van der Waals surface area contributed by atoms with Crippen LogP contribution in [0.1, 0.15) is 57.6 Å². The second-order valence-corrected chi connectivity index (χ2v) is 10.9. The average Bonchev–Trinajstić information content (AvgIpc) is 3.41. The van der Waals surface area contributed by atoms with Crippen molar-refractivity contribution in [2.24, 2.45) is 11.8 Å². The molecule has 2 aliphatic rings. The van der Waals surface area contributed by atoms with Gasteiger partial charge in [0.25, 0.3) is 0 Å². The Morgan fingerprint density at radius 3 is 2.75 bits per heavy atom. The van der Waals surface area contributed by atoms with Gasteiger partial charge in [0.05, 0.1) is 25.4 Å². The number of hydrogen-bond donors (Lipinski definition) is 2. The SMILES string of the molecule is CCCSc1nc(NC2CC2c2ccc(F)c(F)c2)c2nnn(C3CC(OCCO)C(C)C3C)c2n1. The molecule has 2 aliphatic carbocycles. The molecule has 2 aromatic heterocycles. The van der Waals surface area contributed by atoms with Gasteiger partial charge < -0.3 is 15.2 Å². The van der Waals surface area contributed by atoms with Crippen LogP contribution in [-0.2, 0) is 4.74 Å². The van der Waals surface area contributed by atoms with Gasteiger partial charge in [-0.25, -0.2) is 23.4 Å². The number of aromatic nitrogens is 5. The highest BCUT2D eigenvalue weighted by Crippen LogP contribution is 2.45. The zero-order valence-corrected chi connectivity index (χ0v) is 21.5. The lowest BCUT2D eigenvalue weighted by Crippen LogP contribution is -2.20. The molecule has 2 N–H and O–H groups in total. The molecule has 0 amide bonds. The number of rotatable bonds is 10. The van der Waals surface area contributed by atoms with Crippen LogP contribution in [-0.4, -0.2) is 61.2 Å². The van der Waals surface area contributed by atoms with E-state index in [9.17, 15) is 13.9 Å². The van der Waals surface area contributed by atoms with Crippen molar-refractivity contribution < 1.29 is 18.6 Å². The number of benzene rings is 1. The van der Waals surface area contributed by atoms with Crippen molar-refractivity contribution in [1.82, 2.24) is 25.0 Å². The Hall–Kier alpha value is -2.37. The smallest absolute Gasteiger partial charge is 0.191 e. The first-order chi connectivity index (χ1) is 17.4. The van der Waals surface area contributed by atoms with Crippen molar-refractivity contribution in [3.05, 3.63) is 35.4 Å². The summed E-state index contributed by atoms with van der Waals surface area (Å²) in [6.45, 7) is 6.79. The first kappa shape index (κ1) is 25.3. The molecule has 0 bridgehead atoms. The minimum Gasteiger partial charge on any atom is -0.394 e. The van der Waals surface area contributed by atoms with Gasteiger partial charge in [-0.2, -0.15) is 0 Å². The maximum absolute atomic E-state index is 13.7. The Bertz CT molecular complexity index is 1230. The van der Waals surface area contributed by atoms with E-state index >= 15 is 0 Å². The van der Waals surface area contributed by atoms with E-state index in [1.807, 2.05) is 4.68 Å². The molecule has 0 radical (unpaired) electrons. The maximum atomic E-state index is 13.7. The number of halogens is 2. The number of aliphatic hydroxyl groups excluding tert-OH is 1. The fraction of sp³-hybridized carbons (Fsp3) is 0.600. The maximum Gasteiger partial charge on any atom is 0.191 e. The van der Waals surface area contributed by atoms with E-state index in [-0.39, 0.29) is 36.6 Å². The van der Waals surface area contributed by atoms with Crippen LogP contribution < -0.4 is 5.32 Å². The Balaban J connectivity index is 1.43. The number of ether oxygens (including phenoxy) is 1. The van der Waals surface area contributed by atoms with Crippen LogP contribution in [0.5, 0.6) is 0 Å². The highest BCUT2D eigenvalue weighted by atomic mass is 32.2. The fourth-order valence-electron chi connectivity index (χ4n) is 5.14. The van der Waals surface area contributed by atoms with Crippen molar-refractivity contribution in [2.75, 3.05) is 24.3 Å². The normalized spacial score (nSPS) is 27.6. The predicted molar refractivity (Wildman–Crippen MR) is 134 cm³/mol. The first-order valence-corrected chi connectivity index (χ1v) is 13.6. The molecule has 3 aromatic rings. The zero-order chi connectivity index (χ0) is 25.4. The largest absolute Gasteiger partial charge is 0.394 e. The van der Waals surface area contributed by atoms with Gasteiger partial charge in [0.15, 0.2) is 33.8 Å². The molecule has 194 valence electrons. The van der Waals surface area contributed by atoms with Crippen LogP contribution >= 0.6 is 11.8 Å². The standard InChI is InChI=1S/C25H32F2N6O2S/c1-4-9-36-25-29-23(28-19-11-16(19)15-5-6-17(26)18(27)10-15)22-24(30-25)33(32-31-22)20-12-21(35-8-7-34)14(3)13(20)2/h5-6,10,13-14,16,19-21,34H,4,7-9,11-12H2,1-3H3,(H,28,29,30). The van der Waals surface area contributed by atoms with E-state index < -0.39 is 11.6 Å². The number of aliphatic hydroxyl groups is 1. The predicted octanol–water partition coefficient (Wildman–Crippen LogP) is 4.56. The molecule has 5 rings (SSSR count).